The predicted molar refractivity (Wildman–Crippen MR) is 58.4 cm³/mol. The van der Waals surface area contributed by atoms with E-state index in [-0.39, 0.29) is 0 Å². The van der Waals surface area contributed by atoms with Crippen LogP contribution in [-0.2, 0) is 4.79 Å². The topological polar surface area (TPSA) is 43.1 Å². The monoisotopic (exact) mass is 203 g/mol. The van der Waals surface area contributed by atoms with Crippen molar-refractivity contribution in [1.82, 2.24) is 5.16 Å². The van der Waals surface area contributed by atoms with Crippen molar-refractivity contribution in [2.24, 2.45) is 0 Å². The van der Waals surface area contributed by atoms with Gasteiger partial charge in [0, 0.05) is 11.1 Å². The van der Waals surface area contributed by atoms with Crippen LogP contribution in [-0.4, -0.2) is 11.4 Å². The van der Waals surface area contributed by atoms with Gasteiger partial charge in [0.15, 0.2) is 0 Å². The van der Waals surface area contributed by atoms with Crippen LogP contribution >= 0.6 is 0 Å². The zero-order chi connectivity index (χ0) is 11.1. The minimum Gasteiger partial charge on any atom is -0.364 e. The van der Waals surface area contributed by atoms with Crippen molar-refractivity contribution < 1.29 is 9.32 Å². The lowest BCUT2D eigenvalue weighted by Crippen LogP contribution is -1.78. The van der Waals surface area contributed by atoms with Gasteiger partial charge in [-0.05, 0) is 13.8 Å². The minimum absolute atomic E-state index is 0.750. The van der Waals surface area contributed by atoms with Gasteiger partial charge in [-0.3, -0.25) is 0 Å². The van der Waals surface area contributed by atoms with Crippen LogP contribution in [0.3, 0.4) is 0 Å². The average Bonchev–Trinajstić information content (AvgIpc) is 2.67. The molecule has 0 aliphatic carbocycles. The van der Waals surface area contributed by atoms with Gasteiger partial charge < -0.3 is 9.32 Å². The van der Waals surface area contributed by atoms with E-state index in [1.165, 1.54) is 6.92 Å². The second kappa shape index (κ2) is 5.75. The van der Waals surface area contributed by atoms with Crippen LogP contribution in [0.15, 0.2) is 41.1 Å². The molecular formula is C12H13NO2. The van der Waals surface area contributed by atoms with E-state index in [1.807, 2.05) is 37.3 Å². The van der Waals surface area contributed by atoms with Crippen molar-refractivity contribution in [2.45, 2.75) is 13.8 Å². The van der Waals surface area contributed by atoms with Crippen LogP contribution in [0, 0.1) is 6.92 Å². The van der Waals surface area contributed by atoms with E-state index in [0.29, 0.717) is 0 Å². The zero-order valence-corrected chi connectivity index (χ0v) is 8.81. The SMILES string of the molecule is CC=O.Cc1conc1-c1ccccc1. The molecule has 0 N–H and O–H groups in total. The van der Waals surface area contributed by atoms with Gasteiger partial charge in [-0.2, -0.15) is 0 Å². The van der Waals surface area contributed by atoms with Crippen LogP contribution in [0.2, 0.25) is 0 Å². The van der Waals surface area contributed by atoms with E-state index in [9.17, 15) is 0 Å². The number of carbonyl (C=O) groups excluding carboxylic acids is 1. The smallest absolute Gasteiger partial charge is 0.127 e. The van der Waals surface area contributed by atoms with Gasteiger partial charge in [-0.15, -0.1) is 0 Å². The summed E-state index contributed by atoms with van der Waals surface area (Å²) in [6.07, 6.45) is 2.41. The molecule has 0 aliphatic rings. The first kappa shape index (κ1) is 11.2. The summed E-state index contributed by atoms with van der Waals surface area (Å²) < 4.78 is 4.85. The number of aromatic nitrogens is 1. The number of nitrogens with zero attached hydrogens (tertiary/aromatic N) is 1. The van der Waals surface area contributed by atoms with E-state index in [1.54, 1.807) is 6.26 Å². The third kappa shape index (κ3) is 3.06. The molecule has 78 valence electrons. The van der Waals surface area contributed by atoms with Gasteiger partial charge in [0.2, 0.25) is 0 Å². The van der Waals surface area contributed by atoms with Crippen LogP contribution < -0.4 is 0 Å². The number of rotatable bonds is 1. The maximum Gasteiger partial charge on any atom is 0.127 e. The lowest BCUT2D eigenvalue weighted by molar-refractivity contribution is -0.106. The molecule has 1 aromatic carbocycles. The summed E-state index contributed by atoms with van der Waals surface area (Å²) >= 11 is 0. The lowest BCUT2D eigenvalue weighted by atomic mass is 10.1. The molecule has 0 fully saturated rings. The first-order chi connectivity index (χ1) is 7.29. The Morgan fingerprint density at radius 2 is 1.87 bits per heavy atom. The number of hydrogen-bond donors (Lipinski definition) is 0. The molecule has 3 nitrogen and oxygen atoms in total. The third-order valence-electron chi connectivity index (χ3n) is 1.79. The first-order valence-corrected chi connectivity index (χ1v) is 4.65. The Kier molecular flexibility index (Phi) is 4.29. The van der Waals surface area contributed by atoms with E-state index < -0.39 is 0 Å². The zero-order valence-electron chi connectivity index (χ0n) is 8.81. The number of benzene rings is 1. The van der Waals surface area contributed by atoms with Gasteiger partial charge in [0.05, 0.1) is 0 Å². The Hall–Kier alpha value is -1.90. The maximum absolute atomic E-state index is 8.81. The Balaban J connectivity index is 0.000000337. The molecular weight excluding hydrogens is 190 g/mol. The van der Waals surface area contributed by atoms with E-state index in [4.69, 9.17) is 9.32 Å². The molecule has 1 aromatic heterocycles. The van der Waals surface area contributed by atoms with Crippen molar-refractivity contribution in [3.8, 4) is 11.3 Å². The van der Waals surface area contributed by atoms with Gasteiger partial charge in [0.1, 0.15) is 18.2 Å². The molecule has 1 heterocycles. The number of carbonyl (C=O) groups is 1. The summed E-state index contributed by atoms with van der Waals surface area (Å²) in [5.74, 6) is 0. The van der Waals surface area contributed by atoms with Crippen LogP contribution in [0.25, 0.3) is 11.3 Å². The summed E-state index contributed by atoms with van der Waals surface area (Å²) in [6.45, 7) is 3.43. The van der Waals surface area contributed by atoms with Crippen molar-refractivity contribution in [2.75, 3.05) is 0 Å². The Labute approximate surface area is 88.7 Å². The van der Waals surface area contributed by atoms with Gasteiger partial charge >= 0.3 is 0 Å². The Morgan fingerprint density at radius 1 is 1.27 bits per heavy atom. The molecule has 15 heavy (non-hydrogen) atoms. The summed E-state index contributed by atoms with van der Waals surface area (Å²) in [5.41, 5.74) is 3.10. The lowest BCUT2D eigenvalue weighted by Gasteiger charge is -1.94. The second-order valence-corrected chi connectivity index (χ2v) is 2.95. The highest BCUT2D eigenvalue weighted by Gasteiger charge is 2.03. The van der Waals surface area contributed by atoms with Crippen LogP contribution in [0.4, 0.5) is 0 Å². The quantitative estimate of drug-likeness (QED) is 0.669. The highest BCUT2D eigenvalue weighted by Crippen LogP contribution is 2.20. The largest absolute Gasteiger partial charge is 0.364 e. The van der Waals surface area contributed by atoms with Gasteiger partial charge in [0.25, 0.3) is 0 Å². The maximum atomic E-state index is 8.81. The Bertz CT molecular complexity index is 407. The van der Waals surface area contributed by atoms with Crippen molar-refractivity contribution >= 4 is 6.29 Å². The van der Waals surface area contributed by atoms with Crippen molar-refractivity contribution in [3.63, 3.8) is 0 Å². The van der Waals surface area contributed by atoms with Crippen LogP contribution in [0.1, 0.15) is 12.5 Å². The molecule has 2 rings (SSSR count). The molecule has 0 unspecified atom stereocenters. The molecule has 0 bridgehead atoms. The highest BCUT2D eigenvalue weighted by molar-refractivity contribution is 5.61. The van der Waals surface area contributed by atoms with Gasteiger partial charge in [-0.25, -0.2) is 0 Å². The summed E-state index contributed by atoms with van der Waals surface area (Å²) in [6, 6.07) is 10.0. The molecule has 0 radical (unpaired) electrons. The molecule has 0 spiro atoms. The average molecular weight is 203 g/mol. The molecule has 2 aromatic rings. The molecule has 0 saturated heterocycles. The van der Waals surface area contributed by atoms with Crippen molar-refractivity contribution in [3.05, 3.63) is 42.2 Å². The van der Waals surface area contributed by atoms with E-state index in [2.05, 4.69) is 5.16 Å². The molecule has 3 heteroatoms. The molecule has 0 aliphatic heterocycles. The fourth-order valence-corrected chi connectivity index (χ4v) is 1.16. The highest BCUT2D eigenvalue weighted by atomic mass is 16.5. The third-order valence-corrected chi connectivity index (χ3v) is 1.79. The number of hydrogen-bond acceptors (Lipinski definition) is 3. The standard InChI is InChI=1S/C10H9NO.C2H4O/c1-8-7-12-11-10(8)9-5-3-2-4-6-9;1-2-3/h2-7H,1H3;2H,1H3. The molecule has 0 amide bonds. The van der Waals surface area contributed by atoms with E-state index >= 15 is 0 Å². The fourth-order valence-electron chi connectivity index (χ4n) is 1.16. The molecule has 0 atom stereocenters. The first-order valence-electron chi connectivity index (χ1n) is 4.65. The van der Waals surface area contributed by atoms with Crippen LogP contribution in [0.5, 0.6) is 0 Å². The predicted octanol–water partition coefficient (Wildman–Crippen LogP) is 2.86. The summed E-state index contributed by atoms with van der Waals surface area (Å²) in [4.78, 5) is 8.81. The normalized spacial score (nSPS) is 8.93. The Morgan fingerprint density at radius 3 is 2.33 bits per heavy atom. The molecule has 0 saturated carbocycles. The summed E-state index contributed by atoms with van der Waals surface area (Å²) in [5, 5.41) is 3.91. The summed E-state index contributed by atoms with van der Waals surface area (Å²) in [7, 11) is 0. The number of aldehydes is 1. The number of aryl methyl sites for hydroxylation is 1. The minimum atomic E-state index is 0.750. The van der Waals surface area contributed by atoms with Gasteiger partial charge in [-0.1, -0.05) is 35.5 Å². The van der Waals surface area contributed by atoms with E-state index in [0.717, 1.165) is 23.1 Å². The second-order valence-electron chi connectivity index (χ2n) is 2.95. The van der Waals surface area contributed by atoms with Crippen molar-refractivity contribution in [1.29, 1.82) is 0 Å². The fraction of sp³-hybridized carbons (Fsp3) is 0.167.